The van der Waals surface area contributed by atoms with Crippen LogP contribution >= 0.6 is 11.6 Å². The van der Waals surface area contributed by atoms with Crippen LogP contribution < -0.4 is 10.9 Å². The molecule has 0 aliphatic carbocycles. The summed E-state index contributed by atoms with van der Waals surface area (Å²) in [6.45, 7) is 0.306. The number of amides is 1. The van der Waals surface area contributed by atoms with Gasteiger partial charge in [-0.25, -0.2) is 0 Å². The van der Waals surface area contributed by atoms with Gasteiger partial charge in [0.1, 0.15) is 0 Å². The molecule has 0 atom stereocenters. The summed E-state index contributed by atoms with van der Waals surface area (Å²) in [5.41, 5.74) is 1.12. The van der Waals surface area contributed by atoms with Gasteiger partial charge in [0.25, 0.3) is 5.56 Å². The predicted octanol–water partition coefficient (Wildman–Crippen LogP) is 3.13. The third-order valence-electron chi connectivity index (χ3n) is 3.61. The van der Waals surface area contributed by atoms with Crippen LogP contribution in [0.4, 0.5) is 5.69 Å². The lowest BCUT2D eigenvalue weighted by Gasteiger charge is -2.10. The molecule has 1 aromatic carbocycles. The normalized spacial score (nSPS) is 10.4. The molecule has 1 heterocycles. The molecule has 1 aromatic heterocycles. The van der Waals surface area contributed by atoms with Gasteiger partial charge >= 0.3 is 5.97 Å². The fourth-order valence-corrected chi connectivity index (χ4v) is 2.52. The van der Waals surface area contributed by atoms with E-state index in [1.165, 1.54) is 10.6 Å². The Morgan fingerprint density at radius 3 is 2.52 bits per heavy atom. The molecule has 0 spiro atoms. The van der Waals surface area contributed by atoms with Crippen LogP contribution in [0, 0.1) is 0 Å². The van der Waals surface area contributed by atoms with Crippen LogP contribution in [0.25, 0.3) is 0 Å². The van der Waals surface area contributed by atoms with Gasteiger partial charge in [0, 0.05) is 30.1 Å². The van der Waals surface area contributed by atoms with Crippen molar-refractivity contribution in [3.63, 3.8) is 0 Å². The van der Waals surface area contributed by atoms with E-state index in [0.29, 0.717) is 30.1 Å². The van der Waals surface area contributed by atoms with Crippen molar-refractivity contribution in [1.82, 2.24) is 4.57 Å². The number of anilines is 1. The molecule has 2 N–H and O–H groups in total. The van der Waals surface area contributed by atoms with Gasteiger partial charge in [0.2, 0.25) is 5.91 Å². The molecule has 2 rings (SSSR count). The Kier molecular flexibility index (Phi) is 6.77. The number of hydrogen-bond acceptors (Lipinski definition) is 3. The van der Waals surface area contributed by atoms with E-state index >= 15 is 0 Å². The van der Waals surface area contributed by atoms with E-state index < -0.39 is 5.97 Å². The fourth-order valence-electron chi connectivity index (χ4n) is 2.32. The van der Waals surface area contributed by atoms with Gasteiger partial charge in [-0.1, -0.05) is 29.8 Å². The van der Waals surface area contributed by atoms with Crippen molar-refractivity contribution in [2.75, 3.05) is 5.32 Å². The number of carboxylic acid groups (broad SMARTS) is 1. The summed E-state index contributed by atoms with van der Waals surface area (Å²) in [6.07, 6.45) is 2.81. The highest BCUT2D eigenvalue weighted by atomic mass is 35.5. The highest BCUT2D eigenvalue weighted by molar-refractivity contribution is 6.31. The van der Waals surface area contributed by atoms with Crippen molar-refractivity contribution < 1.29 is 14.7 Å². The smallest absolute Gasteiger partial charge is 0.303 e. The molecular formula is C18H19ClN2O4. The second kappa shape index (κ2) is 9.03. The third kappa shape index (κ3) is 6.08. The molecular weight excluding hydrogens is 344 g/mol. The van der Waals surface area contributed by atoms with E-state index in [-0.39, 0.29) is 24.3 Å². The first-order valence-electron chi connectivity index (χ1n) is 7.91. The fraction of sp³-hybridized carbons (Fsp3) is 0.278. The molecule has 0 radical (unpaired) electrons. The average Bonchev–Trinajstić information content (AvgIpc) is 2.56. The second-order valence-corrected chi connectivity index (χ2v) is 6.03. The summed E-state index contributed by atoms with van der Waals surface area (Å²) in [4.78, 5) is 34.3. The third-order valence-corrected chi connectivity index (χ3v) is 3.98. The lowest BCUT2D eigenvalue weighted by atomic mass is 10.2. The van der Waals surface area contributed by atoms with Crippen LogP contribution in [-0.2, 0) is 16.1 Å². The maximum atomic E-state index is 12.0. The number of pyridine rings is 1. The molecule has 2 aromatic rings. The van der Waals surface area contributed by atoms with Crippen molar-refractivity contribution in [3.8, 4) is 0 Å². The second-order valence-electron chi connectivity index (χ2n) is 5.62. The lowest BCUT2D eigenvalue weighted by Crippen LogP contribution is -2.21. The van der Waals surface area contributed by atoms with Gasteiger partial charge in [-0.2, -0.15) is 0 Å². The van der Waals surface area contributed by atoms with E-state index in [9.17, 15) is 14.4 Å². The van der Waals surface area contributed by atoms with Gasteiger partial charge < -0.3 is 15.0 Å². The number of nitrogens with one attached hydrogen (secondary N) is 1. The molecule has 1 amide bonds. The van der Waals surface area contributed by atoms with Crippen LogP contribution in [-0.4, -0.2) is 21.6 Å². The van der Waals surface area contributed by atoms with Crippen LogP contribution in [0.5, 0.6) is 0 Å². The Hall–Kier alpha value is -2.60. The number of hydrogen-bond donors (Lipinski definition) is 2. The highest BCUT2D eigenvalue weighted by Crippen LogP contribution is 2.16. The number of unbranched alkanes of at least 4 members (excludes halogenated alkanes) is 1. The van der Waals surface area contributed by atoms with E-state index in [1.807, 2.05) is 18.2 Å². The number of aliphatic carboxylic acids is 1. The predicted molar refractivity (Wildman–Crippen MR) is 96.0 cm³/mol. The van der Waals surface area contributed by atoms with Gasteiger partial charge in [-0.15, -0.1) is 0 Å². The summed E-state index contributed by atoms with van der Waals surface area (Å²) < 4.78 is 1.47. The number of carbonyl (C=O) groups is 2. The topological polar surface area (TPSA) is 88.4 Å². The van der Waals surface area contributed by atoms with E-state index in [2.05, 4.69) is 5.32 Å². The summed E-state index contributed by atoms with van der Waals surface area (Å²) in [5.74, 6) is -1.08. The lowest BCUT2D eigenvalue weighted by molar-refractivity contribution is -0.137. The zero-order valence-corrected chi connectivity index (χ0v) is 14.3. The molecule has 0 saturated heterocycles. The maximum absolute atomic E-state index is 12.0. The molecule has 0 bridgehead atoms. The summed E-state index contributed by atoms with van der Waals surface area (Å²) >= 11 is 6.12. The first-order chi connectivity index (χ1) is 12.0. The maximum Gasteiger partial charge on any atom is 0.303 e. The summed E-state index contributed by atoms with van der Waals surface area (Å²) in [5, 5.41) is 11.9. The van der Waals surface area contributed by atoms with Crippen LogP contribution in [0.3, 0.4) is 0 Å². The van der Waals surface area contributed by atoms with Crippen molar-refractivity contribution >= 4 is 29.2 Å². The first-order valence-corrected chi connectivity index (χ1v) is 8.29. The number of rotatable bonds is 8. The van der Waals surface area contributed by atoms with Gasteiger partial charge in [-0.3, -0.25) is 14.4 Å². The van der Waals surface area contributed by atoms with E-state index in [4.69, 9.17) is 16.7 Å². The molecule has 132 valence electrons. The molecule has 0 aliphatic heterocycles. The minimum Gasteiger partial charge on any atom is -0.481 e. The Morgan fingerprint density at radius 1 is 1.08 bits per heavy atom. The Balaban J connectivity index is 1.99. The SMILES string of the molecule is O=C(O)CCCCC(=O)Nc1ccc(=O)n(Cc2ccccc2Cl)c1. The molecule has 6 nitrogen and oxygen atoms in total. The van der Waals surface area contributed by atoms with Gasteiger partial charge in [0.05, 0.1) is 12.2 Å². The Bertz CT molecular complexity index is 817. The molecule has 25 heavy (non-hydrogen) atoms. The van der Waals surface area contributed by atoms with Crippen LogP contribution in [0.2, 0.25) is 5.02 Å². The van der Waals surface area contributed by atoms with E-state index in [0.717, 1.165) is 5.56 Å². The van der Waals surface area contributed by atoms with Crippen molar-refractivity contribution in [1.29, 1.82) is 0 Å². The van der Waals surface area contributed by atoms with E-state index in [1.54, 1.807) is 18.3 Å². The number of benzene rings is 1. The summed E-state index contributed by atoms with van der Waals surface area (Å²) in [6, 6.07) is 10.2. The van der Waals surface area contributed by atoms with Crippen molar-refractivity contribution in [3.05, 3.63) is 63.5 Å². The quantitative estimate of drug-likeness (QED) is 0.706. The molecule has 0 unspecified atom stereocenters. The standard InChI is InChI=1S/C18H19ClN2O4/c19-15-6-2-1-5-13(15)11-21-12-14(9-10-17(21)23)20-16(22)7-3-4-8-18(24)25/h1-2,5-6,9-10,12H,3-4,7-8,11H2,(H,20,22)(H,24,25). The highest BCUT2D eigenvalue weighted by Gasteiger charge is 2.07. The number of aromatic nitrogens is 1. The van der Waals surface area contributed by atoms with Crippen molar-refractivity contribution in [2.24, 2.45) is 0 Å². The summed E-state index contributed by atoms with van der Waals surface area (Å²) in [7, 11) is 0. The largest absolute Gasteiger partial charge is 0.481 e. The molecule has 0 aliphatic rings. The van der Waals surface area contributed by atoms with Gasteiger partial charge in [0.15, 0.2) is 0 Å². The first kappa shape index (κ1) is 18.7. The minimum absolute atomic E-state index is 0.0516. The number of carbonyl (C=O) groups excluding carboxylic acids is 1. The zero-order chi connectivity index (χ0) is 18.2. The van der Waals surface area contributed by atoms with Crippen LogP contribution in [0.15, 0.2) is 47.4 Å². The minimum atomic E-state index is -0.868. The Labute approximate surface area is 150 Å². The molecule has 0 fully saturated rings. The van der Waals surface area contributed by atoms with Gasteiger partial charge in [-0.05, 0) is 30.5 Å². The Morgan fingerprint density at radius 2 is 1.80 bits per heavy atom. The molecule has 0 saturated carbocycles. The number of nitrogens with zero attached hydrogens (tertiary/aromatic N) is 1. The number of halogens is 1. The monoisotopic (exact) mass is 362 g/mol. The van der Waals surface area contributed by atoms with Crippen LogP contribution in [0.1, 0.15) is 31.2 Å². The molecule has 7 heteroatoms. The zero-order valence-electron chi connectivity index (χ0n) is 13.6. The van der Waals surface area contributed by atoms with Crippen molar-refractivity contribution in [2.45, 2.75) is 32.2 Å². The average molecular weight is 363 g/mol. The number of carboxylic acids is 1.